The van der Waals surface area contributed by atoms with Crippen LogP contribution < -0.4 is 4.74 Å². The first-order valence-corrected chi connectivity index (χ1v) is 13.6. The monoisotopic (exact) mass is 483 g/mol. The second kappa shape index (κ2) is 9.28. The lowest BCUT2D eigenvalue weighted by molar-refractivity contribution is 0.111. The molecule has 1 saturated carbocycles. The van der Waals surface area contributed by atoms with Crippen LogP contribution in [0.25, 0.3) is 16.8 Å². The van der Waals surface area contributed by atoms with Gasteiger partial charge in [-0.05, 0) is 50.5 Å². The maximum atomic E-state index is 13.7. The Hall–Kier alpha value is -2.49. The molecule has 1 aliphatic carbocycles. The van der Waals surface area contributed by atoms with Gasteiger partial charge in [0.05, 0.1) is 13.3 Å². The molecule has 9 heteroatoms. The van der Waals surface area contributed by atoms with E-state index in [1.807, 2.05) is 26.0 Å². The molecule has 0 amide bonds. The van der Waals surface area contributed by atoms with Crippen LogP contribution in [0.15, 0.2) is 35.4 Å². The highest BCUT2D eigenvalue weighted by atomic mass is 32.2. The van der Waals surface area contributed by atoms with Gasteiger partial charge in [-0.2, -0.15) is 9.40 Å². The van der Waals surface area contributed by atoms with Crippen LogP contribution in [0.1, 0.15) is 43.5 Å². The SMILES string of the molecule is COc1ccc(-c2cnn3c(C)cc(C)nc23)cc1S(=O)(=O)N1CCN(C2CCCCC2)CC1. The molecule has 5 rings (SSSR count). The first-order chi connectivity index (χ1) is 16.4. The third-order valence-electron chi connectivity index (χ3n) is 7.23. The first kappa shape index (κ1) is 23.3. The topological polar surface area (TPSA) is 80.0 Å². The summed E-state index contributed by atoms with van der Waals surface area (Å²) in [7, 11) is -2.20. The summed E-state index contributed by atoms with van der Waals surface area (Å²) in [5.41, 5.74) is 4.14. The Morgan fingerprint density at radius 3 is 2.44 bits per heavy atom. The third-order valence-corrected chi connectivity index (χ3v) is 9.15. The summed E-state index contributed by atoms with van der Waals surface area (Å²) >= 11 is 0. The standard InChI is InChI=1S/C25H33N5O3S/c1-18-15-19(2)30-25(27-18)22(17-26-30)20-9-10-23(33-3)24(16-20)34(31,32)29-13-11-28(12-14-29)21-7-5-4-6-8-21/h9-10,15-17,21H,4-8,11-14H2,1-3H3. The van der Waals surface area contributed by atoms with Crippen LogP contribution in [0.5, 0.6) is 5.75 Å². The lowest BCUT2D eigenvalue weighted by atomic mass is 9.94. The number of hydrogen-bond donors (Lipinski definition) is 0. The molecule has 0 radical (unpaired) electrons. The molecule has 182 valence electrons. The minimum absolute atomic E-state index is 0.197. The predicted octanol–water partition coefficient (Wildman–Crippen LogP) is 3.66. The normalized spacial score (nSPS) is 19.0. The molecule has 3 heterocycles. The second-order valence-corrected chi connectivity index (χ2v) is 11.3. The second-order valence-electron chi connectivity index (χ2n) is 9.43. The van der Waals surface area contributed by atoms with Crippen molar-refractivity contribution < 1.29 is 13.2 Å². The van der Waals surface area contributed by atoms with Crippen LogP contribution in [-0.4, -0.2) is 71.6 Å². The fourth-order valence-corrected chi connectivity index (χ4v) is 7.02. The lowest BCUT2D eigenvalue weighted by Crippen LogP contribution is -2.52. The van der Waals surface area contributed by atoms with Crippen molar-refractivity contribution in [3.63, 3.8) is 0 Å². The maximum Gasteiger partial charge on any atom is 0.246 e. The molecule has 3 aromatic rings. The van der Waals surface area contributed by atoms with Gasteiger partial charge in [-0.1, -0.05) is 25.3 Å². The summed E-state index contributed by atoms with van der Waals surface area (Å²) in [5.74, 6) is 0.357. The fourth-order valence-electron chi connectivity index (χ4n) is 5.41. The number of nitrogens with zero attached hydrogens (tertiary/aromatic N) is 5. The van der Waals surface area contributed by atoms with E-state index in [-0.39, 0.29) is 4.90 Å². The van der Waals surface area contributed by atoms with Gasteiger partial charge in [-0.25, -0.2) is 17.9 Å². The van der Waals surface area contributed by atoms with Gasteiger partial charge >= 0.3 is 0 Å². The molecular weight excluding hydrogens is 450 g/mol. The predicted molar refractivity (Wildman–Crippen MR) is 132 cm³/mol. The van der Waals surface area contributed by atoms with Crippen molar-refractivity contribution in [1.82, 2.24) is 23.8 Å². The van der Waals surface area contributed by atoms with Crippen LogP contribution >= 0.6 is 0 Å². The van der Waals surface area contributed by atoms with Crippen LogP contribution in [0.2, 0.25) is 0 Å². The van der Waals surface area contributed by atoms with E-state index in [0.717, 1.165) is 35.6 Å². The van der Waals surface area contributed by atoms with E-state index < -0.39 is 10.0 Å². The van der Waals surface area contributed by atoms with Crippen LogP contribution in [0, 0.1) is 13.8 Å². The van der Waals surface area contributed by atoms with Crippen molar-refractivity contribution in [2.24, 2.45) is 0 Å². The van der Waals surface area contributed by atoms with Crippen molar-refractivity contribution in [3.8, 4) is 16.9 Å². The molecule has 8 nitrogen and oxygen atoms in total. The molecule has 2 aliphatic rings. The molecule has 2 fully saturated rings. The lowest BCUT2D eigenvalue weighted by Gasteiger charge is -2.40. The van der Waals surface area contributed by atoms with Crippen molar-refractivity contribution in [2.75, 3.05) is 33.3 Å². The Morgan fingerprint density at radius 2 is 1.74 bits per heavy atom. The number of piperazine rings is 1. The number of aryl methyl sites for hydroxylation is 2. The van der Waals surface area contributed by atoms with Gasteiger partial charge in [0, 0.05) is 49.2 Å². The van der Waals surface area contributed by atoms with E-state index >= 15 is 0 Å². The van der Waals surface area contributed by atoms with Gasteiger partial charge in [0.25, 0.3) is 0 Å². The molecule has 0 N–H and O–H groups in total. The number of sulfonamides is 1. The highest BCUT2D eigenvalue weighted by molar-refractivity contribution is 7.89. The Morgan fingerprint density at radius 1 is 1.00 bits per heavy atom. The van der Waals surface area contributed by atoms with Crippen molar-refractivity contribution in [2.45, 2.75) is 56.9 Å². The Balaban J connectivity index is 1.45. The smallest absolute Gasteiger partial charge is 0.246 e. The average Bonchev–Trinajstić information content (AvgIpc) is 3.28. The van der Waals surface area contributed by atoms with E-state index in [4.69, 9.17) is 4.74 Å². The zero-order valence-electron chi connectivity index (χ0n) is 20.2. The molecule has 0 bridgehead atoms. The van der Waals surface area contributed by atoms with Crippen LogP contribution in [-0.2, 0) is 10.0 Å². The van der Waals surface area contributed by atoms with Crippen LogP contribution in [0.4, 0.5) is 0 Å². The Bertz CT molecular complexity index is 1290. The number of fused-ring (bicyclic) bond motifs is 1. The number of benzene rings is 1. The Labute approximate surface area is 201 Å². The Kier molecular flexibility index (Phi) is 6.35. The van der Waals surface area contributed by atoms with Gasteiger partial charge in [0.15, 0.2) is 5.65 Å². The molecule has 0 atom stereocenters. The van der Waals surface area contributed by atoms with E-state index in [1.165, 1.54) is 39.2 Å². The summed E-state index contributed by atoms with van der Waals surface area (Å²) < 4.78 is 36.3. The summed E-state index contributed by atoms with van der Waals surface area (Å²) in [6.45, 7) is 6.49. The minimum atomic E-state index is -3.71. The van der Waals surface area contributed by atoms with E-state index in [1.54, 1.807) is 27.2 Å². The summed E-state index contributed by atoms with van der Waals surface area (Å²) in [4.78, 5) is 7.33. The first-order valence-electron chi connectivity index (χ1n) is 12.1. The molecule has 2 aromatic heterocycles. The van der Waals surface area contributed by atoms with E-state index in [0.29, 0.717) is 30.5 Å². The van der Waals surface area contributed by atoms with Gasteiger partial charge < -0.3 is 4.74 Å². The highest BCUT2D eigenvalue weighted by Crippen LogP contribution is 2.34. The minimum Gasteiger partial charge on any atom is -0.495 e. The maximum absolute atomic E-state index is 13.7. The number of ether oxygens (including phenoxy) is 1. The summed E-state index contributed by atoms with van der Waals surface area (Å²) in [6.07, 6.45) is 8.10. The van der Waals surface area contributed by atoms with Crippen molar-refractivity contribution in [3.05, 3.63) is 41.9 Å². The molecular formula is C25H33N5O3S. The third kappa shape index (κ3) is 4.21. The van der Waals surface area contributed by atoms with Gasteiger partial charge in [-0.15, -0.1) is 0 Å². The zero-order chi connectivity index (χ0) is 23.9. The van der Waals surface area contributed by atoms with Crippen molar-refractivity contribution >= 4 is 15.7 Å². The van der Waals surface area contributed by atoms with Gasteiger partial charge in [-0.3, -0.25) is 4.90 Å². The van der Waals surface area contributed by atoms with Crippen LogP contribution in [0.3, 0.4) is 0 Å². The molecule has 1 aromatic carbocycles. The number of hydrogen-bond acceptors (Lipinski definition) is 6. The molecule has 1 aliphatic heterocycles. The summed E-state index contributed by atoms with van der Waals surface area (Å²) in [5, 5.41) is 4.47. The fraction of sp³-hybridized carbons (Fsp3) is 0.520. The zero-order valence-corrected chi connectivity index (χ0v) is 21.0. The number of aromatic nitrogens is 3. The molecule has 0 spiro atoms. The number of methoxy groups -OCH3 is 1. The van der Waals surface area contributed by atoms with Gasteiger partial charge in [0.1, 0.15) is 10.6 Å². The molecule has 1 saturated heterocycles. The van der Waals surface area contributed by atoms with E-state index in [9.17, 15) is 8.42 Å². The van der Waals surface area contributed by atoms with E-state index in [2.05, 4.69) is 15.0 Å². The van der Waals surface area contributed by atoms with Crippen molar-refractivity contribution in [1.29, 1.82) is 0 Å². The molecule has 34 heavy (non-hydrogen) atoms. The summed E-state index contributed by atoms with van der Waals surface area (Å²) in [6, 6.07) is 7.88. The number of rotatable bonds is 5. The largest absolute Gasteiger partial charge is 0.495 e. The highest BCUT2D eigenvalue weighted by Gasteiger charge is 2.33. The average molecular weight is 484 g/mol. The molecule has 0 unspecified atom stereocenters. The quantitative estimate of drug-likeness (QED) is 0.551. The van der Waals surface area contributed by atoms with Gasteiger partial charge in [0.2, 0.25) is 10.0 Å².